The van der Waals surface area contributed by atoms with Crippen LogP contribution in [-0.2, 0) is 4.79 Å². The van der Waals surface area contributed by atoms with E-state index < -0.39 is 0 Å². The first-order valence-corrected chi connectivity index (χ1v) is 15.1. The molecule has 44 heavy (non-hydrogen) atoms. The summed E-state index contributed by atoms with van der Waals surface area (Å²) in [6.45, 7) is 6.20. The molecule has 2 atom stereocenters. The van der Waals surface area contributed by atoms with E-state index in [0.717, 1.165) is 44.6 Å². The molecule has 0 aliphatic carbocycles. The zero-order valence-corrected chi connectivity index (χ0v) is 26.2. The average Bonchev–Trinajstić information content (AvgIpc) is 3.53. The van der Waals surface area contributed by atoms with Crippen molar-refractivity contribution in [1.82, 2.24) is 14.9 Å². The quantitative estimate of drug-likeness (QED) is 0.174. The van der Waals surface area contributed by atoms with Gasteiger partial charge in [0, 0.05) is 39.7 Å². The van der Waals surface area contributed by atoms with Crippen LogP contribution in [0.2, 0.25) is 5.02 Å². The number of anilines is 2. The second-order valence-electron chi connectivity index (χ2n) is 10.7. The van der Waals surface area contributed by atoms with Crippen LogP contribution in [0.5, 0.6) is 5.75 Å². The second-order valence-corrected chi connectivity index (χ2v) is 11.5. The molecule has 0 spiro atoms. The molecule has 1 aliphatic heterocycles. The minimum atomic E-state index is -0.239. The third kappa shape index (κ3) is 5.78. The Balaban J connectivity index is 1.32. The second kappa shape index (κ2) is 12.5. The van der Waals surface area contributed by atoms with Crippen molar-refractivity contribution in [2.45, 2.75) is 32.9 Å². The van der Waals surface area contributed by atoms with Gasteiger partial charge < -0.3 is 24.8 Å². The van der Waals surface area contributed by atoms with Gasteiger partial charge in [0.25, 0.3) is 5.91 Å². The predicted molar refractivity (Wildman–Crippen MR) is 180 cm³/mol. The Morgan fingerprint density at radius 2 is 1.73 bits per heavy atom. The fourth-order valence-electron chi connectivity index (χ4n) is 5.81. The van der Waals surface area contributed by atoms with Crippen molar-refractivity contribution in [2.24, 2.45) is 0 Å². The van der Waals surface area contributed by atoms with Gasteiger partial charge in [-0.25, -0.2) is 0 Å². The van der Waals surface area contributed by atoms with E-state index in [2.05, 4.69) is 46.1 Å². The molecule has 6 rings (SSSR count). The van der Waals surface area contributed by atoms with Crippen molar-refractivity contribution >= 4 is 46.2 Å². The van der Waals surface area contributed by atoms with Crippen LogP contribution < -0.4 is 20.3 Å². The molecule has 0 unspecified atom stereocenters. The molecule has 3 heterocycles. The maximum Gasteiger partial charge on any atom is 0.262 e. The third-order valence-corrected chi connectivity index (χ3v) is 8.63. The largest absolute Gasteiger partial charge is 0.484 e. The fraction of sp³-hybridized carbons (Fsp3) is 0.171. The molecule has 5 aromatic rings. The third-order valence-electron chi connectivity index (χ3n) is 7.91. The van der Waals surface area contributed by atoms with Gasteiger partial charge in [-0.3, -0.25) is 9.78 Å². The first kappa shape index (κ1) is 29.4. The van der Waals surface area contributed by atoms with E-state index in [1.165, 1.54) is 0 Å². The molecule has 9 heteroatoms. The Hall–Kier alpha value is -4.66. The number of ether oxygens (including phenoxy) is 1. The number of rotatable bonds is 8. The van der Waals surface area contributed by atoms with Crippen molar-refractivity contribution in [3.05, 3.63) is 136 Å². The molecule has 7 nitrogen and oxygen atoms in total. The molecule has 1 saturated heterocycles. The van der Waals surface area contributed by atoms with E-state index in [9.17, 15) is 4.79 Å². The highest BCUT2D eigenvalue weighted by atomic mass is 35.5. The lowest BCUT2D eigenvalue weighted by Gasteiger charge is -2.28. The minimum Gasteiger partial charge on any atom is -0.484 e. The van der Waals surface area contributed by atoms with Crippen LogP contribution in [0.15, 0.2) is 103 Å². The summed E-state index contributed by atoms with van der Waals surface area (Å²) in [5.74, 6) is 0.406. The van der Waals surface area contributed by atoms with Crippen LogP contribution in [0.25, 0.3) is 5.69 Å². The number of nitrogens with one attached hydrogen (secondary N) is 2. The van der Waals surface area contributed by atoms with Crippen LogP contribution in [-0.4, -0.2) is 27.2 Å². The van der Waals surface area contributed by atoms with E-state index in [0.29, 0.717) is 16.5 Å². The monoisotopic (exact) mass is 621 g/mol. The van der Waals surface area contributed by atoms with Crippen molar-refractivity contribution in [3.63, 3.8) is 0 Å². The number of pyridine rings is 1. The molecule has 0 saturated carbocycles. The van der Waals surface area contributed by atoms with Gasteiger partial charge in [0.05, 0.1) is 17.8 Å². The zero-order chi connectivity index (χ0) is 30.8. The van der Waals surface area contributed by atoms with E-state index >= 15 is 0 Å². The number of benzene rings is 3. The maximum absolute atomic E-state index is 12.6. The molecule has 0 radical (unpaired) electrons. The molecule has 1 aliphatic rings. The lowest BCUT2D eigenvalue weighted by molar-refractivity contribution is -0.118. The number of nitrogens with zero attached hydrogens (tertiary/aromatic N) is 3. The molecule has 1 amide bonds. The van der Waals surface area contributed by atoms with Crippen molar-refractivity contribution < 1.29 is 9.53 Å². The van der Waals surface area contributed by atoms with Crippen molar-refractivity contribution in [2.75, 3.05) is 16.8 Å². The molecular weight excluding hydrogens is 590 g/mol. The van der Waals surface area contributed by atoms with Crippen LogP contribution in [0.4, 0.5) is 11.4 Å². The molecule has 222 valence electrons. The van der Waals surface area contributed by atoms with Crippen LogP contribution in [0, 0.1) is 20.8 Å². The van der Waals surface area contributed by atoms with E-state index in [1.807, 2.05) is 91.9 Å². The van der Waals surface area contributed by atoms with Gasteiger partial charge in [-0.05, 0) is 111 Å². The van der Waals surface area contributed by atoms with Gasteiger partial charge in [0.15, 0.2) is 11.7 Å². The van der Waals surface area contributed by atoms with Gasteiger partial charge in [0.1, 0.15) is 5.75 Å². The Morgan fingerprint density at radius 1 is 0.977 bits per heavy atom. The zero-order valence-electron chi connectivity index (χ0n) is 24.6. The normalized spacial score (nSPS) is 16.1. The van der Waals surface area contributed by atoms with Gasteiger partial charge in [-0.2, -0.15) is 0 Å². The first-order valence-electron chi connectivity index (χ1n) is 14.3. The van der Waals surface area contributed by atoms with Gasteiger partial charge in [-0.1, -0.05) is 41.9 Å². The van der Waals surface area contributed by atoms with Gasteiger partial charge >= 0.3 is 0 Å². The van der Waals surface area contributed by atoms with Gasteiger partial charge in [0.2, 0.25) is 0 Å². The number of aromatic nitrogens is 2. The Morgan fingerprint density at radius 3 is 2.45 bits per heavy atom. The lowest BCUT2D eigenvalue weighted by Crippen LogP contribution is -2.29. The van der Waals surface area contributed by atoms with Crippen molar-refractivity contribution in [1.29, 1.82) is 0 Å². The number of amides is 1. The minimum absolute atomic E-state index is 0.0819. The SMILES string of the molecule is Cc1c(Cl)cccc1-n1c(C)cc([C@H]2[C@H](c3ccccn3)NC(=S)N2c2ccc(NC(=O)COc3ccccc3)cc2)c1C. The number of hydrogen-bond acceptors (Lipinski definition) is 4. The summed E-state index contributed by atoms with van der Waals surface area (Å²) in [4.78, 5) is 19.4. The summed E-state index contributed by atoms with van der Waals surface area (Å²) < 4.78 is 7.84. The highest BCUT2D eigenvalue weighted by molar-refractivity contribution is 7.80. The standard InChI is InChI=1S/C35H32ClN5O2S/c1-22-20-28(24(3)40(22)31-14-9-12-29(36)23(31)2)34-33(30-13-7-8-19-37-30)39-35(44)41(34)26-17-15-25(16-18-26)38-32(42)21-43-27-10-5-4-6-11-27/h4-20,33-34H,21H2,1-3H3,(H,38,42)(H,39,44)/t33-,34-/m0/s1. The Kier molecular flexibility index (Phi) is 8.37. The number of carbonyl (C=O) groups is 1. The van der Waals surface area contributed by atoms with E-state index in [1.54, 1.807) is 6.20 Å². The smallest absolute Gasteiger partial charge is 0.262 e. The summed E-state index contributed by atoms with van der Waals surface area (Å²) >= 11 is 12.5. The summed E-state index contributed by atoms with van der Waals surface area (Å²) in [5.41, 5.74) is 7.84. The number of thiocarbonyl (C=S) groups is 1. The molecule has 3 aromatic carbocycles. The number of halogens is 1. The highest BCUT2D eigenvalue weighted by Gasteiger charge is 2.42. The summed E-state index contributed by atoms with van der Waals surface area (Å²) in [7, 11) is 0. The fourth-order valence-corrected chi connectivity index (χ4v) is 6.33. The number of aryl methyl sites for hydroxylation is 1. The van der Waals surface area contributed by atoms with E-state index in [-0.39, 0.29) is 24.6 Å². The Labute approximate surface area is 267 Å². The molecule has 2 aromatic heterocycles. The van der Waals surface area contributed by atoms with Gasteiger partial charge in [-0.15, -0.1) is 0 Å². The summed E-state index contributed by atoms with van der Waals surface area (Å²) in [5, 5.41) is 7.78. The highest BCUT2D eigenvalue weighted by Crippen LogP contribution is 2.44. The molecule has 0 bridgehead atoms. The van der Waals surface area contributed by atoms with Crippen LogP contribution >= 0.6 is 23.8 Å². The van der Waals surface area contributed by atoms with E-state index in [4.69, 9.17) is 33.5 Å². The molecule has 1 fully saturated rings. The van der Waals surface area contributed by atoms with Crippen molar-refractivity contribution in [3.8, 4) is 11.4 Å². The lowest BCUT2D eigenvalue weighted by atomic mass is 9.96. The topological polar surface area (TPSA) is 71.4 Å². The number of para-hydroxylation sites is 1. The first-order chi connectivity index (χ1) is 21.3. The van der Waals surface area contributed by atoms with Crippen LogP contribution in [0.1, 0.15) is 40.3 Å². The maximum atomic E-state index is 12.6. The number of carbonyl (C=O) groups excluding carboxylic acids is 1. The van der Waals surface area contributed by atoms with Crippen LogP contribution in [0.3, 0.4) is 0 Å². The number of hydrogen-bond donors (Lipinski definition) is 2. The molecule has 2 N–H and O–H groups in total. The molecular formula is C35H32ClN5O2S. The Bertz CT molecular complexity index is 1810. The summed E-state index contributed by atoms with van der Waals surface area (Å²) in [6.07, 6.45) is 1.80. The predicted octanol–water partition coefficient (Wildman–Crippen LogP) is 7.65. The average molecular weight is 622 g/mol. The summed E-state index contributed by atoms with van der Waals surface area (Å²) in [6, 6.07) is 30.7.